The van der Waals surface area contributed by atoms with Gasteiger partial charge in [0.1, 0.15) is 5.54 Å². The van der Waals surface area contributed by atoms with Crippen LogP contribution in [0, 0.1) is 0 Å². The van der Waals surface area contributed by atoms with Crippen LogP contribution in [0.25, 0.3) is 5.52 Å². The van der Waals surface area contributed by atoms with Crippen molar-refractivity contribution >= 4 is 17.4 Å². The van der Waals surface area contributed by atoms with Gasteiger partial charge in [-0.25, -0.2) is 4.79 Å². The van der Waals surface area contributed by atoms with E-state index in [2.05, 4.69) is 5.32 Å². The summed E-state index contributed by atoms with van der Waals surface area (Å²) < 4.78 is 1.82. The molecule has 0 saturated carbocycles. The molecule has 2 rings (SSSR count). The highest BCUT2D eigenvalue weighted by Crippen LogP contribution is 2.14. The topological polar surface area (TPSA) is 70.8 Å². The smallest absolute Gasteiger partial charge is 0.329 e. The van der Waals surface area contributed by atoms with E-state index >= 15 is 0 Å². The van der Waals surface area contributed by atoms with Crippen LogP contribution in [0.3, 0.4) is 0 Å². The van der Waals surface area contributed by atoms with Crippen molar-refractivity contribution in [2.75, 3.05) is 0 Å². The lowest BCUT2D eigenvalue weighted by molar-refractivity contribution is -0.143. The third kappa shape index (κ3) is 2.45. The molecule has 100 valence electrons. The minimum atomic E-state index is -1.24. The minimum Gasteiger partial charge on any atom is -0.480 e. The highest BCUT2D eigenvalue weighted by atomic mass is 16.4. The Labute approximate surface area is 110 Å². The van der Waals surface area contributed by atoms with Crippen molar-refractivity contribution in [3.05, 3.63) is 42.2 Å². The molecule has 0 bridgehead atoms. The molecule has 1 atom stereocenters. The van der Waals surface area contributed by atoms with Crippen molar-refractivity contribution in [2.24, 2.45) is 0 Å². The summed E-state index contributed by atoms with van der Waals surface area (Å²) in [6.07, 6.45) is 3.84. The standard InChI is InChI=1S/C14H16N2O3/c1-3-14(2,13(18)19)15-12(17)10-8-11-6-4-5-7-16(11)9-10/h4-9H,3H2,1-2H3,(H,15,17)(H,18,19). The minimum absolute atomic E-state index is 0.321. The maximum atomic E-state index is 12.1. The fourth-order valence-corrected chi connectivity index (χ4v) is 1.80. The Kier molecular flexibility index (Phi) is 3.29. The van der Waals surface area contributed by atoms with E-state index in [1.165, 1.54) is 6.92 Å². The Balaban J connectivity index is 2.27. The predicted molar refractivity (Wildman–Crippen MR) is 71.2 cm³/mol. The van der Waals surface area contributed by atoms with E-state index in [0.717, 1.165) is 5.52 Å². The van der Waals surface area contributed by atoms with E-state index in [4.69, 9.17) is 5.11 Å². The van der Waals surface area contributed by atoms with Gasteiger partial charge in [0, 0.05) is 17.9 Å². The van der Waals surface area contributed by atoms with Gasteiger partial charge in [-0.3, -0.25) is 4.79 Å². The summed E-state index contributed by atoms with van der Waals surface area (Å²) >= 11 is 0. The fourth-order valence-electron chi connectivity index (χ4n) is 1.80. The van der Waals surface area contributed by atoms with Crippen molar-refractivity contribution in [3.63, 3.8) is 0 Å². The highest BCUT2D eigenvalue weighted by Gasteiger charge is 2.33. The van der Waals surface area contributed by atoms with Crippen LogP contribution in [0.2, 0.25) is 0 Å². The van der Waals surface area contributed by atoms with Gasteiger partial charge < -0.3 is 14.8 Å². The zero-order chi connectivity index (χ0) is 14.0. The van der Waals surface area contributed by atoms with Crippen LogP contribution in [0.1, 0.15) is 30.6 Å². The number of nitrogens with zero attached hydrogens (tertiary/aromatic N) is 1. The second kappa shape index (κ2) is 4.76. The molecule has 19 heavy (non-hydrogen) atoms. The first-order valence-electron chi connectivity index (χ1n) is 6.09. The van der Waals surface area contributed by atoms with E-state index in [0.29, 0.717) is 12.0 Å². The number of hydrogen-bond acceptors (Lipinski definition) is 2. The molecule has 5 heteroatoms. The number of nitrogens with one attached hydrogen (secondary N) is 1. The van der Waals surface area contributed by atoms with Crippen molar-refractivity contribution in [1.29, 1.82) is 0 Å². The van der Waals surface area contributed by atoms with Gasteiger partial charge in [-0.05, 0) is 31.5 Å². The number of amides is 1. The second-order valence-electron chi connectivity index (χ2n) is 4.71. The molecule has 2 aromatic heterocycles. The molecule has 0 aliphatic heterocycles. The Bertz CT molecular complexity index is 599. The zero-order valence-corrected chi connectivity index (χ0v) is 10.9. The molecular weight excluding hydrogens is 244 g/mol. The molecule has 0 fully saturated rings. The zero-order valence-electron chi connectivity index (χ0n) is 10.9. The second-order valence-corrected chi connectivity index (χ2v) is 4.71. The molecular formula is C14H16N2O3. The van der Waals surface area contributed by atoms with Crippen LogP contribution in [-0.4, -0.2) is 26.9 Å². The largest absolute Gasteiger partial charge is 0.480 e. The number of aromatic nitrogens is 1. The maximum absolute atomic E-state index is 12.1. The van der Waals surface area contributed by atoms with Crippen molar-refractivity contribution in [3.8, 4) is 0 Å². The average molecular weight is 260 g/mol. The lowest BCUT2D eigenvalue weighted by Crippen LogP contribution is -2.51. The molecule has 1 amide bonds. The van der Waals surface area contributed by atoms with Crippen molar-refractivity contribution in [2.45, 2.75) is 25.8 Å². The molecule has 2 N–H and O–H groups in total. The van der Waals surface area contributed by atoms with Crippen molar-refractivity contribution in [1.82, 2.24) is 9.72 Å². The van der Waals surface area contributed by atoms with Crippen LogP contribution in [-0.2, 0) is 4.79 Å². The number of rotatable bonds is 4. The molecule has 1 unspecified atom stereocenters. The van der Waals surface area contributed by atoms with Gasteiger partial charge >= 0.3 is 5.97 Å². The first-order valence-corrected chi connectivity index (χ1v) is 6.09. The third-order valence-corrected chi connectivity index (χ3v) is 3.34. The lowest BCUT2D eigenvalue weighted by Gasteiger charge is -2.24. The Morgan fingerprint density at radius 2 is 2.16 bits per heavy atom. The number of carbonyl (C=O) groups excluding carboxylic acids is 1. The number of hydrogen-bond donors (Lipinski definition) is 2. The van der Waals surface area contributed by atoms with Crippen LogP contribution < -0.4 is 5.32 Å². The van der Waals surface area contributed by atoms with E-state index < -0.39 is 11.5 Å². The monoisotopic (exact) mass is 260 g/mol. The predicted octanol–water partition coefficient (Wildman–Crippen LogP) is 1.92. The maximum Gasteiger partial charge on any atom is 0.329 e. The van der Waals surface area contributed by atoms with Gasteiger partial charge in [0.05, 0.1) is 5.56 Å². The van der Waals surface area contributed by atoms with Crippen LogP contribution in [0.15, 0.2) is 36.7 Å². The number of carbonyl (C=O) groups is 2. The van der Waals surface area contributed by atoms with Gasteiger partial charge in [-0.1, -0.05) is 13.0 Å². The Morgan fingerprint density at radius 1 is 1.42 bits per heavy atom. The first kappa shape index (κ1) is 13.1. The highest BCUT2D eigenvalue weighted by molar-refractivity contribution is 5.98. The van der Waals surface area contributed by atoms with E-state index in [1.807, 2.05) is 28.8 Å². The molecule has 2 heterocycles. The molecule has 0 aliphatic rings. The third-order valence-electron chi connectivity index (χ3n) is 3.34. The first-order chi connectivity index (χ1) is 8.96. The fraction of sp³-hybridized carbons (Fsp3) is 0.286. The number of carboxylic acid groups (broad SMARTS) is 1. The molecule has 0 aliphatic carbocycles. The van der Waals surface area contributed by atoms with E-state index in [-0.39, 0.29) is 5.91 Å². The quantitative estimate of drug-likeness (QED) is 0.882. The van der Waals surface area contributed by atoms with Gasteiger partial charge in [0.15, 0.2) is 0 Å². The normalized spacial score (nSPS) is 14.0. The summed E-state index contributed by atoms with van der Waals surface area (Å²) in [5.41, 5.74) is 0.0962. The van der Waals surface area contributed by atoms with E-state index in [1.54, 1.807) is 19.2 Å². The van der Waals surface area contributed by atoms with Crippen LogP contribution >= 0.6 is 0 Å². The van der Waals surface area contributed by atoms with E-state index in [9.17, 15) is 9.59 Å². The Hall–Kier alpha value is -2.30. The molecule has 2 aromatic rings. The summed E-state index contributed by atoms with van der Waals surface area (Å²) in [6.45, 7) is 3.23. The molecule has 0 radical (unpaired) electrons. The summed E-state index contributed by atoms with van der Waals surface area (Å²) in [5, 5.41) is 11.7. The van der Waals surface area contributed by atoms with Gasteiger partial charge in [0.25, 0.3) is 5.91 Å². The molecule has 0 aromatic carbocycles. The van der Waals surface area contributed by atoms with Crippen LogP contribution in [0.4, 0.5) is 0 Å². The number of pyridine rings is 1. The number of carboxylic acids is 1. The van der Waals surface area contributed by atoms with Gasteiger partial charge in [0.2, 0.25) is 0 Å². The SMILES string of the molecule is CCC(C)(NC(=O)c1cc2ccccn2c1)C(=O)O. The lowest BCUT2D eigenvalue weighted by atomic mass is 9.99. The summed E-state index contributed by atoms with van der Waals surface area (Å²) in [6, 6.07) is 7.35. The molecule has 0 spiro atoms. The van der Waals surface area contributed by atoms with Crippen LogP contribution in [0.5, 0.6) is 0 Å². The summed E-state index contributed by atoms with van der Waals surface area (Å²) in [7, 11) is 0. The summed E-state index contributed by atoms with van der Waals surface area (Å²) in [5.74, 6) is -1.41. The molecule has 0 saturated heterocycles. The van der Waals surface area contributed by atoms with Gasteiger partial charge in [-0.2, -0.15) is 0 Å². The number of fused-ring (bicyclic) bond motifs is 1. The molecule has 5 nitrogen and oxygen atoms in total. The number of aliphatic carboxylic acids is 1. The van der Waals surface area contributed by atoms with Gasteiger partial charge in [-0.15, -0.1) is 0 Å². The average Bonchev–Trinajstić information content (AvgIpc) is 2.82. The Morgan fingerprint density at radius 3 is 2.74 bits per heavy atom. The van der Waals surface area contributed by atoms with Crippen molar-refractivity contribution < 1.29 is 14.7 Å². The summed E-state index contributed by atoms with van der Waals surface area (Å²) in [4.78, 5) is 23.3.